The molecule has 7 nitrogen and oxygen atoms in total. The van der Waals surface area contributed by atoms with Crippen molar-refractivity contribution in [1.29, 1.82) is 0 Å². The fourth-order valence-corrected chi connectivity index (χ4v) is 3.09. The number of urea groups is 1. The maximum Gasteiger partial charge on any atom is 0.355 e. The molecule has 0 aromatic carbocycles. The monoisotopic (exact) mass is 312 g/mol. The van der Waals surface area contributed by atoms with Crippen LogP contribution in [0, 0.1) is 0 Å². The van der Waals surface area contributed by atoms with Crippen LogP contribution in [0.2, 0.25) is 0 Å². The number of carbonyl (C=O) groups is 2. The van der Waals surface area contributed by atoms with E-state index in [0.717, 1.165) is 13.0 Å². The fraction of sp³-hybridized carbons (Fsp3) is 0.615. The molecule has 21 heavy (non-hydrogen) atoms. The molecule has 116 valence electrons. The topological polar surface area (TPSA) is 94.6 Å². The van der Waals surface area contributed by atoms with Crippen molar-refractivity contribution in [1.82, 2.24) is 20.5 Å². The van der Waals surface area contributed by atoms with E-state index < -0.39 is 5.97 Å². The molecule has 2 rings (SSSR count). The second-order valence-electron chi connectivity index (χ2n) is 5.10. The van der Waals surface area contributed by atoms with E-state index >= 15 is 0 Å². The van der Waals surface area contributed by atoms with Gasteiger partial charge >= 0.3 is 12.0 Å². The minimum Gasteiger partial charge on any atom is -0.476 e. The van der Waals surface area contributed by atoms with Crippen molar-refractivity contribution < 1.29 is 14.7 Å². The summed E-state index contributed by atoms with van der Waals surface area (Å²) in [5, 5.41) is 16.6. The first-order valence-electron chi connectivity index (χ1n) is 6.96. The molecule has 0 radical (unpaired) electrons. The fourth-order valence-electron chi connectivity index (χ4n) is 2.32. The molecule has 1 unspecified atom stereocenters. The quantitative estimate of drug-likeness (QED) is 0.721. The molecule has 1 aromatic rings. The number of hydrogen-bond donors (Lipinski definition) is 3. The number of amides is 2. The molecule has 1 saturated heterocycles. The third-order valence-electron chi connectivity index (χ3n) is 3.57. The van der Waals surface area contributed by atoms with E-state index in [0.29, 0.717) is 30.6 Å². The summed E-state index contributed by atoms with van der Waals surface area (Å²) in [6.45, 7) is 2.19. The Morgan fingerprint density at radius 2 is 2.33 bits per heavy atom. The third-order valence-corrected chi connectivity index (χ3v) is 4.47. The summed E-state index contributed by atoms with van der Waals surface area (Å²) in [6, 6.07) is 0.234. The van der Waals surface area contributed by atoms with Gasteiger partial charge in [0.25, 0.3) is 0 Å². The lowest BCUT2D eigenvalue weighted by Crippen LogP contribution is -2.43. The Labute approximate surface area is 127 Å². The Bertz CT molecular complexity index is 505. The highest BCUT2D eigenvalue weighted by molar-refractivity contribution is 7.09. The van der Waals surface area contributed by atoms with Crippen LogP contribution < -0.4 is 10.6 Å². The SMILES string of the molecule is CN1CCCC1CNC(=O)NCCc1nc(C(=O)O)cs1. The summed E-state index contributed by atoms with van der Waals surface area (Å²) < 4.78 is 0. The summed E-state index contributed by atoms with van der Waals surface area (Å²) >= 11 is 1.29. The molecular formula is C13H20N4O3S. The summed E-state index contributed by atoms with van der Waals surface area (Å²) in [6.07, 6.45) is 2.84. The second kappa shape index (κ2) is 7.37. The summed E-state index contributed by atoms with van der Waals surface area (Å²) in [5.74, 6) is -1.02. The molecule has 1 fully saturated rings. The third kappa shape index (κ3) is 4.68. The zero-order valence-electron chi connectivity index (χ0n) is 12.0. The highest BCUT2D eigenvalue weighted by Gasteiger charge is 2.20. The average Bonchev–Trinajstić information content (AvgIpc) is 3.06. The van der Waals surface area contributed by atoms with Crippen LogP contribution in [0.25, 0.3) is 0 Å². The number of carboxylic acid groups (broad SMARTS) is 1. The van der Waals surface area contributed by atoms with Crippen LogP contribution in [0.5, 0.6) is 0 Å². The van der Waals surface area contributed by atoms with E-state index in [1.807, 2.05) is 0 Å². The number of aromatic nitrogens is 1. The van der Waals surface area contributed by atoms with Gasteiger partial charge in [0, 0.05) is 30.9 Å². The molecule has 2 heterocycles. The minimum atomic E-state index is -1.02. The molecule has 2 amide bonds. The summed E-state index contributed by atoms with van der Waals surface area (Å²) in [5.41, 5.74) is 0.0590. The number of rotatable bonds is 6. The maximum atomic E-state index is 11.7. The molecule has 3 N–H and O–H groups in total. The van der Waals surface area contributed by atoms with E-state index in [2.05, 4.69) is 27.6 Å². The Balaban J connectivity index is 1.63. The van der Waals surface area contributed by atoms with Gasteiger partial charge in [0.15, 0.2) is 5.69 Å². The summed E-state index contributed by atoms with van der Waals surface area (Å²) in [7, 11) is 2.07. The number of aromatic carboxylic acids is 1. The van der Waals surface area contributed by atoms with E-state index in [9.17, 15) is 9.59 Å². The zero-order valence-corrected chi connectivity index (χ0v) is 12.8. The van der Waals surface area contributed by atoms with Gasteiger partial charge in [-0.05, 0) is 26.4 Å². The molecule has 1 atom stereocenters. The first-order valence-corrected chi connectivity index (χ1v) is 7.84. The second-order valence-corrected chi connectivity index (χ2v) is 6.04. The molecule has 1 aromatic heterocycles. The smallest absolute Gasteiger partial charge is 0.355 e. The lowest BCUT2D eigenvalue weighted by atomic mass is 10.2. The molecular weight excluding hydrogens is 292 g/mol. The number of nitrogens with one attached hydrogen (secondary N) is 2. The molecule has 0 aliphatic carbocycles. The van der Waals surface area contributed by atoms with Gasteiger partial charge in [0.05, 0.1) is 5.01 Å². The van der Waals surface area contributed by atoms with Crippen LogP contribution in [0.15, 0.2) is 5.38 Å². The normalized spacial score (nSPS) is 18.6. The van der Waals surface area contributed by atoms with Crippen LogP contribution in [0.3, 0.4) is 0 Å². The number of likely N-dealkylation sites (tertiary alicyclic amines) is 1. The van der Waals surface area contributed by atoms with Gasteiger partial charge in [0.1, 0.15) is 0 Å². The van der Waals surface area contributed by atoms with Gasteiger partial charge in [-0.15, -0.1) is 11.3 Å². The Morgan fingerprint density at radius 3 is 2.95 bits per heavy atom. The van der Waals surface area contributed by atoms with Gasteiger partial charge in [-0.25, -0.2) is 14.6 Å². The Hall–Kier alpha value is -1.67. The van der Waals surface area contributed by atoms with E-state index in [4.69, 9.17) is 5.11 Å². The van der Waals surface area contributed by atoms with Crippen molar-refractivity contribution in [3.05, 3.63) is 16.1 Å². The number of carbonyl (C=O) groups excluding carboxylic acids is 1. The van der Waals surface area contributed by atoms with Crippen LogP contribution in [-0.2, 0) is 6.42 Å². The lowest BCUT2D eigenvalue weighted by molar-refractivity contribution is 0.0691. The molecule has 1 aliphatic rings. The van der Waals surface area contributed by atoms with Gasteiger partial charge in [0.2, 0.25) is 0 Å². The number of likely N-dealkylation sites (N-methyl/N-ethyl adjacent to an activating group) is 1. The predicted octanol–water partition coefficient (Wildman–Crippen LogP) is 0.777. The van der Waals surface area contributed by atoms with Gasteiger partial charge in [-0.2, -0.15) is 0 Å². The Kier molecular flexibility index (Phi) is 5.51. The molecule has 1 aliphatic heterocycles. The van der Waals surface area contributed by atoms with E-state index in [1.165, 1.54) is 23.1 Å². The minimum absolute atomic E-state index is 0.0590. The highest BCUT2D eigenvalue weighted by Crippen LogP contribution is 2.13. The van der Waals surface area contributed by atoms with Crippen molar-refractivity contribution >= 4 is 23.3 Å². The standard InChI is InChI=1S/C13H20N4O3S/c1-17-6-2-3-9(17)7-15-13(20)14-5-4-11-16-10(8-21-11)12(18)19/h8-9H,2-7H2,1H3,(H,18,19)(H2,14,15,20). The summed E-state index contributed by atoms with van der Waals surface area (Å²) in [4.78, 5) is 28.6. The van der Waals surface area contributed by atoms with Gasteiger partial charge in [-0.3, -0.25) is 0 Å². The van der Waals surface area contributed by atoms with Crippen molar-refractivity contribution in [2.24, 2.45) is 0 Å². The molecule has 8 heteroatoms. The van der Waals surface area contributed by atoms with Crippen LogP contribution in [0.4, 0.5) is 4.79 Å². The van der Waals surface area contributed by atoms with E-state index in [1.54, 1.807) is 0 Å². The van der Waals surface area contributed by atoms with Crippen molar-refractivity contribution in [2.75, 3.05) is 26.7 Å². The lowest BCUT2D eigenvalue weighted by Gasteiger charge is -2.19. The van der Waals surface area contributed by atoms with E-state index in [-0.39, 0.29) is 11.7 Å². The Morgan fingerprint density at radius 1 is 1.52 bits per heavy atom. The number of thiazole rings is 1. The number of nitrogens with zero attached hydrogens (tertiary/aromatic N) is 2. The van der Waals surface area contributed by atoms with Gasteiger partial charge < -0.3 is 20.6 Å². The first-order chi connectivity index (χ1) is 10.1. The van der Waals surface area contributed by atoms with Crippen molar-refractivity contribution in [3.8, 4) is 0 Å². The van der Waals surface area contributed by atoms with Crippen LogP contribution in [-0.4, -0.2) is 59.7 Å². The molecule has 0 bridgehead atoms. The van der Waals surface area contributed by atoms with Crippen molar-refractivity contribution in [2.45, 2.75) is 25.3 Å². The largest absolute Gasteiger partial charge is 0.476 e. The first kappa shape index (κ1) is 15.7. The van der Waals surface area contributed by atoms with Crippen LogP contribution >= 0.6 is 11.3 Å². The molecule has 0 spiro atoms. The number of carboxylic acids is 1. The van der Waals surface area contributed by atoms with Gasteiger partial charge in [-0.1, -0.05) is 0 Å². The molecule has 0 saturated carbocycles. The number of hydrogen-bond acceptors (Lipinski definition) is 5. The maximum absolute atomic E-state index is 11.7. The van der Waals surface area contributed by atoms with Crippen molar-refractivity contribution in [3.63, 3.8) is 0 Å². The zero-order chi connectivity index (χ0) is 15.2. The average molecular weight is 312 g/mol. The predicted molar refractivity (Wildman–Crippen MR) is 79.8 cm³/mol. The highest BCUT2D eigenvalue weighted by atomic mass is 32.1. The van der Waals surface area contributed by atoms with Crippen LogP contribution in [0.1, 0.15) is 28.3 Å².